The number of primary amides is 1. The summed E-state index contributed by atoms with van der Waals surface area (Å²) >= 11 is 0. The molecule has 0 atom stereocenters. The Morgan fingerprint density at radius 1 is 0.667 bits per heavy atom. The lowest BCUT2D eigenvalue weighted by Gasteiger charge is -2.08. The summed E-state index contributed by atoms with van der Waals surface area (Å²) in [5, 5.41) is 7.95. The van der Waals surface area contributed by atoms with Gasteiger partial charge in [-0.15, -0.1) is 0 Å². The fourth-order valence-electron chi connectivity index (χ4n) is 2.83. The SMILES string of the molecule is CNC(=O)c1cccc(C(=O)NCc2ccc(CNC(=O)c3cccc(C(N)=O)n3)cc2)n1. The van der Waals surface area contributed by atoms with Gasteiger partial charge in [-0.05, 0) is 35.4 Å². The summed E-state index contributed by atoms with van der Waals surface area (Å²) in [6, 6.07) is 16.4. The summed E-state index contributed by atoms with van der Waals surface area (Å²) in [6.07, 6.45) is 0. The molecule has 0 saturated heterocycles. The van der Waals surface area contributed by atoms with E-state index in [2.05, 4.69) is 25.9 Å². The molecule has 0 saturated carbocycles. The first-order valence-electron chi connectivity index (χ1n) is 9.97. The van der Waals surface area contributed by atoms with Crippen LogP contribution in [0.4, 0.5) is 0 Å². The normalized spacial score (nSPS) is 10.2. The molecule has 10 heteroatoms. The number of aromatic nitrogens is 2. The molecule has 0 aliphatic rings. The first-order valence-corrected chi connectivity index (χ1v) is 9.97. The molecule has 0 spiro atoms. The number of pyridine rings is 2. The van der Waals surface area contributed by atoms with Gasteiger partial charge in [0.25, 0.3) is 23.6 Å². The largest absolute Gasteiger partial charge is 0.364 e. The van der Waals surface area contributed by atoms with E-state index in [1.54, 1.807) is 6.07 Å². The predicted octanol–water partition coefficient (Wildman–Crippen LogP) is 0.795. The topological polar surface area (TPSA) is 156 Å². The van der Waals surface area contributed by atoms with Gasteiger partial charge in [0.15, 0.2) is 0 Å². The minimum Gasteiger partial charge on any atom is -0.364 e. The quantitative estimate of drug-likeness (QED) is 0.401. The van der Waals surface area contributed by atoms with Crippen molar-refractivity contribution in [2.75, 3.05) is 7.05 Å². The second-order valence-corrected chi connectivity index (χ2v) is 6.94. The molecule has 10 nitrogen and oxygen atoms in total. The van der Waals surface area contributed by atoms with Crippen molar-refractivity contribution in [3.8, 4) is 0 Å². The number of hydrogen-bond donors (Lipinski definition) is 4. The van der Waals surface area contributed by atoms with Crippen LogP contribution in [0, 0.1) is 0 Å². The van der Waals surface area contributed by atoms with E-state index in [1.165, 1.54) is 37.4 Å². The fraction of sp³-hybridized carbons (Fsp3) is 0.130. The Bertz CT molecular complexity index is 1190. The van der Waals surface area contributed by atoms with Crippen LogP contribution in [0.25, 0.3) is 0 Å². The van der Waals surface area contributed by atoms with Gasteiger partial charge in [-0.25, -0.2) is 9.97 Å². The minimum absolute atomic E-state index is 0.0182. The molecule has 0 fully saturated rings. The van der Waals surface area contributed by atoms with Crippen molar-refractivity contribution in [2.45, 2.75) is 13.1 Å². The van der Waals surface area contributed by atoms with Gasteiger partial charge in [-0.2, -0.15) is 0 Å². The molecular formula is C23H22N6O4. The summed E-state index contributed by atoms with van der Waals surface area (Å²) in [5.74, 6) is -1.91. The highest BCUT2D eigenvalue weighted by atomic mass is 16.2. The minimum atomic E-state index is -0.706. The summed E-state index contributed by atoms with van der Waals surface area (Å²) in [5.41, 5.74) is 7.28. The molecule has 0 unspecified atom stereocenters. The van der Waals surface area contributed by atoms with Gasteiger partial charge in [0.1, 0.15) is 22.8 Å². The van der Waals surface area contributed by atoms with Crippen molar-refractivity contribution in [1.29, 1.82) is 0 Å². The third-order valence-electron chi connectivity index (χ3n) is 4.60. The van der Waals surface area contributed by atoms with Crippen molar-refractivity contribution in [2.24, 2.45) is 5.73 Å². The van der Waals surface area contributed by atoms with Crippen LogP contribution in [0.15, 0.2) is 60.7 Å². The van der Waals surface area contributed by atoms with Crippen LogP contribution < -0.4 is 21.7 Å². The highest BCUT2D eigenvalue weighted by molar-refractivity contribution is 5.96. The van der Waals surface area contributed by atoms with Crippen LogP contribution in [-0.2, 0) is 13.1 Å². The average Bonchev–Trinajstić information content (AvgIpc) is 2.86. The van der Waals surface area contributed by atoms with E-state index in [0.29, 0.717) is 0 Å². The Hall–Kier alpha value is -4.60. The van der Waals surface area contributed by atoms with Crippen molar-refractivity contribution in [1.82, 2.24) is 25.9 Å². The number of carbonyl (C=O) groups is 4. The Balaban J connectivity index is 1.53. The zero-order valence-electron chi connectivity index (χ0n) is 17.8. The highest BCUT2D eigenvalue weighted by Crippen LogP contribution is 2.06. The zero-order valence-corrected chi connectivity index (χ0v) is 17.8. The Morgan fingerprint density at radius 2 is 1.06 bits per heavy atom. The zero-order chi connectivity index (χ0) is 23.8. The van der Waals surface area contributed by atoms with E-state index < -0.39 is 17.7 Å². The Kier molecular flexibility index (Phi) is 7.43. The number of carbonyl (C=O) groups excluding carboxylic acids is 4. The average molecular weight is 446 g/mol. The van der Waals surface area contributed by atoms with E-state index in [4.69, 9.17) is 5.73 Å². The Labute approximate surface area is 189 Å². The van der Waals surface area contributed by atoms with E-state index in [0.717, 1.165) is 11.1 Å². The molecule has 3 aromatic rings. The molecule has 1 aromatic carbocycles. The monoisotopic (exact) mass is 446 g/mol. The molecule has 3 rings (SSSR count). The van der Waals surface area contributed by atoms with Crippen LogP contribution in [0.2, 0.25) is 0 Å². The third kappa shape index (κ3) is 6.20. The molecule has 0 aliphatic heterocycles. The lowest BCUT2D eigenvalue weighted by atomic mass is 10.1. The van der Waals surface area contributed by atoms with E-state index in [1.807, 2.05) is 24.3 Å². The molecule has 0 aliphatic carbocycles. The van der Waals surface area contributed by atoms with Crippen LogP contribution in [0.5, 0.6) is 0 Å². The maximum Gasteiger partial charge on any atom is 0.270 e. The van der Waals surface area contributed by atoms with Gasteiger partial charge < -0.3 is 21.7 Å². The fourth-order valence-corrected chi connectivity index (χ4v) is 2.83. The molecule has 5 N–H and O–H groups in total. The number of nitrogens with one attached hydrogen (secondary N) is 3. The second-order valence-electron chi connectivity index (χ2n) is 6.94. The standard InChI is InChI=1S/C23H22N6O4/c1-25-21(31)17-5-3-7-19(29-17)23(33)27-13-15-10-8-14(9-11-15)12-26-22(32)18-6-2-4-16(28-18)20(24)30/h2-11H,12-13H2,1H3,(H2,24,30)(H,25,31)(H,26,32)(H,27,33). The third-order valence-corrected chi connectivity index (χ3v) is 4.60. The predicted molar refractivity (Wildman–Crippen MR) is 119 cm³/mol. The van der Waals surface area contributed by atoms with Gasteiger partial charge in [0, 0.05) is 20.1 Å². The maximum absolute atomic E-state index is 12.3. The van der Waals surface area contributed by atoms with E-state index in [-0.39, 0.29) is 41.8 Å². The molecule has 0 radical (unpaired) electrons. The van der Waals surface area contributed by atoms with Gasteiger partial charge >= 0.3 is 0 Å². The van der Waals surface area contributed by atoms with Gasteiger partial charge in [0.2, 0.25) is 0 Å². The van der Waals surface area contributed by atoms with Crippen LogP contribution in [0.3, 0.4) is 0 Å². The van der Waals surface area contributed by atoms with Crippen LogP contribution >= 0.6 is 0 Å². The molecular weight excluding hydrogens is 424 g/mol. The summed E-state index contributed by atoms with van der Waals surface area (Å²) in [7, 11) is 1.49. The number of rotatable bonds is 8. The number of benzene rings is 1. The number of amides is 4. The van der Waals surface area contributed by atoms with Gasteiger partial charge in [0.05, 0.1) is 0 Å². The number of nitrogens with zero attached hydrogens (tertiary/aromatic N) is 2. The number of hydrogen-bond acceptors (Lipinski definition) is 6. The molecule has 2 heterocycles. The van der Waals surface area contributed by atoms with E-state index in [9.17, 15) is 19.2 Å². The van der Waals surface area contributed by atoms with Crippen molar-refractivity contribution in [3.05, 3.63) is 94.6 Å². The second kappa shape index (κ2) is 10.6. The van der Waals surface area contributed by atoms with E-state index >= 15 is 0 Å². The van der Waals surface area contributed by atoms with Gasteiger partial charge in [-0.3, -0.25) is 19.2 Å². The summed E-state index contributed by atoms with van der Waals surface area (Å²) < 4.78 is 0. The van der Waals surface area contributed by atoms with Crippen molar-refractivity contribution >= 4 is 23.6 Å². The maximum atomic E-state index is 12.3. The Morgan fingerprint density at radius 3 is 1.48 bits per heavy atom. The summed E-state index contributed by atoms with van der Waals surface area (Å²) in [6.45, 7) is 0.519. The summed E-state index contributed by atoms with van der Waals surface area (Å²) in [4.78, 5) is 55.4. The first kappa shape index (κ1) is 23.1. The smallest absolute Gasteiger partial charge is 0.270 e. The first-order chi connectivity index (χ1) is 15.9. The molecule has 0 bridgehead atoms. The lowest BCUT2D eigenvalue weighted by Crippen LogP contribution is -2.26. The molecule has 168 valence electrons. The van der Waals surface area contributed by atoms with Gasteiger partial charge in [-0.1, -0.05) is 36.4 Å². The van der Waals surface area contributed by atoms with Crippen molar-refractivity contribution in [3.63, 3.8) is 0 Å². The molecule has 2 aromatic heterocycles. The molecule has 33 heavy (non-hydrogen) atoms. The highest BCUT2D eigenvalue weighted by Gasteiger charge is 2.12. The lowest BCUT2D eigenvalue weighted by molar-refractivity contribution is 0.0932. The van der Waals surface area contributed by atoms with Crippen LogP contribution in [0.1, 0.15) is 53.1 Å². The van der Waals surface area contributed by atoms with Crippen molar-refractivity contribution < 1.29 is 19.2 Å². The van der Waals surface area contributed by atoms with Crippen LogP contribution in [-0.4, -0.2) is 40.6 Å². The molecule has 4 amide bonds. The number of nitrogens with two attached hydrogens (primary N) is 1.